The van der Waals surface area contributed by atoms with Gasteiger partial charge in [0.2, 0.25) is 5.95 Å². The minimum Gasteiger partial charge on any atom is -0.478 e. The number of hydrogen-bond donors (Lipinski definition) is 4. The Balaban J connectivity index is 1.72. The summed E-state index contributed by atoms with van der Waals surface area (Å²) in [5, 5.41) is 12.0. The monoisotopic (exact) mass is 300 g/mol. The van der Waals surface area contributed by atoms with Crippen LogP contribution in [0.25, 0.3) is 0 Å². The van der Waals surface area contributed by atoms with Gasteiger partial charge in [0.15, 0.2) is 0 Å². The molecule has 0 saturated carbocycles. The van der Waals surface area contributed by atoms with Crippen molar-refractivity contribution < 1.29 is 9.90 Å². The molecule has 114 valence electrons. The molecule has 0 bridgehead atoms. The molecular weight excluding hydrogens is 284 g/mol. The summed E-state index contributed by atoms with van der Waals surface area (Å²) in [5.74, 6) is -0.185. The second-order valence-electron chi connectivity index (χ2n) is 5.33. The van der Waals surface area contributed by atoms with Crippen LogP contribution >= 0.6 is 0 Å². The van der Waals surface area contributed by atoms with Crippen molar-refractivity contribution in [2.24, 2.45) is 0 Å². The number of nitrogen functional groups attached to an aromatic ring is 1. The molecular formula is C15H16N4O3. The van der Waals surface area contributed by atoms with Gasteiger partial charge in [-0.05, 0) is 30.5 Å². The highest BCUT2D eigenvalue weighted by Gasteiger charge is 2.26. The molecule has 0 saturated heterocycles. The molecule has 1 aromatic carbocycles. The smallest absolute Gasteiger partial charge is 0.335 e. The predicted octanol–water partition coefficient (Wildman–Crippen LogP) is 1.19. The fraction of sp³-hybridized carbons (Fsp3) is 0.267. The summed E-state index contributed by atoms with van der Waals surface area (Å²) in [6.45, 7) is 0.655. The third-order valence-electron chi connectivity index (χ3n) is 3.88. The number of aryl methyl sites for hydroxylation is 1. The molecule has 1 aliphatic heterocycles. The van der Waals surface area contributed by atoms with Crippen LogP contribution in [0.2, 0.25) is 0 Å². The van der Waals surface area contributed by atoms with Gasteiger partial charge in [-0.25, -0.2) is 4.79 Å². The van der Waals surface area contributed by atoms with E-state index in [0.717, 1.165) is 18.4 Å². The summed E-state index contributed by atoms with van der Waals surface area (Å²) in [5.41, 5.74) is 7.29. The first-order valence-corrected chi connectivity index (χ1v) is 7.00. The van der Waals surface area contributed by atoms with Gasteiger partial charge in [-0.1, -0.05) is 12.1 Å². The van der Waals surface area contributed by atoms with E-state index in [4.69, 9.17) is 10.8 Å². The van der Waals surface area contributed by atoms with E-state index in [0.29, 0.717) is 17.9 Å². The number of H-pyrrole nitrogens is 1. The average Bonchev–Trinajstić information content (AvgIpc) is 2.88. The third kappa shape index (κ3) is 2.65. The number of aromatic amines is 1. The number of nitrogens with one attached hydrogen (secondary N) is 2. The van der Waals surface area contributed by atoms with Crippen molar-refractivity contribution in [2.45, 2.75) is 18.8 Å². The summed E-state index contributed by atoms with van der Waals surface area (Å²) < 4.78 is 0. The molecule has 7 heteroatoms. The highest BCUT2D eigenvalue weighted by atomic mass is 16.4. The minimum atomic E-state index is -0.935. The average molecular weight is 300 g/mol. The number of nitrogens with two attached hydrogens (primary N) is 1. The first-order valence-electron chi connectivity index (χ1n) is 7.00. The van der Waals surface area contributed by atoms with Crippen LogP contribution in [0.15, 0.2) is 29.1 Å². The Morgan fingerprint density at radius 1 is 1.36 bits per heavy atom. The number of anilines is 2. The van der Waals surface area contributed by atoms with E-state index in [1.165, 1.54) is 0 Å². The highest BCUT2D eigenvalue weighted by molar-refractivity contribution is 5.87. The lowest BCUT2D eigenvalue weighted by Gasteiger charge is -2.09. The van der Waals surface area contributed by atoms with Crippen LogP contribution in [-0.2, 0) is 6.42 Å². The van der Waals surface area contributed by atoms with Crippen LogP contribution in [0.4, 0.5) is 11.8 Å². The number of benzene rings is 1. The molecule has 1 atom stereocenters. The van der Waals surface area contributed by atoms with Crippen molar-refractivity contribution in [2.75, 3.05) is 17.6 Å². The highest BCUT2D eigenvalue weighted by Crippen LogP contribution is 2.30. The molecule has 0 fully saturated rings. The quantitative estimate of drug-likeness (QED) is 0.673. The maximum absolute atomic E-state index is 12.0. The fourth-order valence-electron chi connectivity index (χ4n) is 2.74. The summed E-state index contributed by atoms with van der Waals surface area (Å²) >= 11 is 0. The second kappa shape index (κ2) is 5.51. The molecule has 1 aromatic heterocycles. The number of carboxylic acid groups (broad SMARTS) is 1. The van der Waals surface area contributed by atoms with E-state index in [-0.39, 0.29) is 23.0 Å². The van der Waals surface area contributed by atoms with E-state index in [2.05, 4.69) is 15.3 Å². The summed E-state index contributed by atoms with van der Waals surface area (Å²) in [4.78, 5) is 29.4. The zero-order valence-corrected chi connectivity index (χ0v) is 11.8. The van der Waals surface area contributed by atoms with Crippen LogP contribution in [-0.4, -0.2) is 27.6 Å². The van der Waals surface area contributed by atoms with Crippen LogP contribution in [0, 0.1) is 0 Å². The summed E-state index contributed by atoms with van der Waals surface area (Å²) in [7, 11) is 0. The van der Waals surface area contributed by atoms with E-state index in [9.17, 15) is 9.59 Å². The second-order valence-corrected chi connectivity index (χ2v) is 5.33. The Bertz CT molecular complexity index is 767. The number of carboxylic acids is 1. The number of hydrogen-bond acceptors (Lipinski definition) is 5. The van der Waals surface area contributed by atoms with Crippen LogP contribution in [0.1, 0.15) is 33.8 Å². The summed E-state index contributed by atoms with van der Waals surface area (Å²) in [6, 6.07) is 6.79. The van der Waals surface area contributed by atoms with Crippen molar-refractivity contribution in [3.63, 3.8) is 0 Å². The van der Waals surface area contributed by atoms with Crippen molar-refractivity contribution in [1.82, 2.24) is 9.97 Å². The van der Waals surface area contributed by atoms with Gasteiger partial charge in [0.25, 0.3) is 5.56 Å². The van der Waals surface area contributed by atoms with Crippen LogP contribution < -0.4 is 16.6 Å². The Kier molecular flexibility index (Phi) is 3.54. The van der Waals surface area contributed by atoms with Gasteiger partial charge in [0.1, 0.15) is 5.82 Å². The van der Waals surface area contributed by atoms with E-state index in [1.54, 1.807) is 24.3 Å². The number of carbonyl (C=O) groups is 1. The van der Waals surface area contributed by atoms with E-state index in [1.807, 2.05) is 0 Å². The summed E-state index contributed by atoms with van der Waals surface area (Å²) in [6.07, 6.45) is 1.54. The van der Waals surface area contributed by atoms with Gasteiger partial charge in [-0.3, -0.25) is 9.78 Å². The molecule has 0 spiro atoms. The van der Waals surface area contributed by atoms with E-state index < -0.39 is 5.97 Å². The van der Waals surface area contributed by atoms with Crippen molar-refractivity contribution >= 4 is 17.7 Å². The van der Waals surface area contributed by atoms with Crippen LogP contribution in [0.5, 0.6) is 0 Å². The zero-order valence-electron chi connectivity index (χ0n) is 11.8. The number of fused-ring (bicyclic) bond motifs is 1. The molecule has 1 unspecified atom stereocenters. The normalized spacial score (nSPS) is 16.1. The first-order chi connectivity index (χ1) is 10.5. The molecule has 0 amide bonds. The molecule has 2 heterocycles. The van der Waals surface area contributed by atoms with Gasteiger partial charge < -0.3 is 16.2 Å². The molecule has 0 aliphatic carbocycles. The number of aromatic carboxylic acids is 1. The molecule has 7 nitrogen and oxygen atoms in total. The van der Waals surface area contributed by atoms with Gasteiger partial charge in [0.05, 0.1) is 11.1 Å². The van der Waals surface area contributed by atoms with Gasteiger partial charge in [-0.2, -0.15) is 4.98 Å². The maximum atomic E-state index is 12.0. The lowest BCUT2D eigenvalue weighted by atomic mass is 9.95. The van der Waals surface area contributed by atoms with Gasteiger partial charge >= 0.3 is 5.97 Å². The number of aromatic nitrogens is 2. The molecule has 0 radical (unpaired) electrons. The Hall–Kier alpha value is -2.83. The van der Waals surface area contributed by atoms with Crippen molar-refractivity contribution in [3.8, 4) is 0 Å². The van der Waals surface area contributed by atoms with E-state index >= 15 is 0 Å². The Morgan fingerprint density at radius 2 is 2.09 bits per heavy atom. The van der Waals surface area contributed by atoms with Crippen molar-refractivity contribution in [3.05, 3.63) is 51.3 Å². The first kappa shape index (κ1) is 14.1. The SMILES string of the molecule is Nc1nc2c(c(=O)[nH]1)C(CCc1ccc(C(=O)O)cc1)CN2. The van der Waals surface area contributed by atoms with Crippen molar-refractivity contribution in [1.29, 1.82) is 0 Å². The zero-order chi connectivity index (χ0) is 15.7. The third-order valence-corrected chi connectivity index (χ3v) is 3.88. The largest absolute Gasteiger partial charge is 0.478 e. The number of nitrogens with zero attached hydrogens (tertiary/aromatic N) is 1. The van der Waals surface area contributed by atoms with Gasteiger partial charge in [0, 0.05) is 12.5 Å². The lowest BCUT2D eigenvalue weighted by molar-refractivity contribution is 0.0697. The molecule has 1 aliphatic rings. The Labute approximate surface area is 126 Å². The minimum absolute atomic E-state index is 0.0750. The molecule has 22 heavy (non-hydrogen) atoms. The maximum Gasteiger partial charge on any atom is 0.335 e. The molecule has 2 aromatic rings. The fourth-order valence-corrected chi connectivity index (χ4v) is 2.74. The topological polar surface area (TPSA) is 121 Å². The molecule has 3 rings (SSSR count). The Morgan fingerprint density at radius 3 is 2.77 bits per heavy atom. The predicted molar refractivity (Wildman–Crippen MR) is 82.2 cm³/mol. The van der Waals surface area contributed by atoms with Crippen LogP contribution in [0.3, 0.4) is 0 Å². The molecule has 5 N–H and O–H groups in total. The number of rotatable bonds is 4. The van der Waals surface area contributed by atoms with Gasteiger partial charge in [-0.15, -0.1) is 0 Å². The standard InChI is InChI=1S/C15H16N4O3/c16-15-18-12-11(13(20)19-15)10(7-17-12)6-3-8-1-4-9(5-2-8)14(21)22/h1-2,4-5,10H,3,6-7H2,(H,21,22)(H4,16,17,18,19,20). The lowest BCUT2D eigenvalue weighted by Crippen LogP contribution is -2.17.